The summed E-state index contributed by atoms with van der Waals surface area (Å²) in [4.78, 5) is 16.8. The Morgan fingerprint density at radius 1 is 1.04 bits per heavy atom. The van der Waals surface area contributed by atoms with Crippen molar-refractivity contribution in [1.82, 2.24) is 25.2 Å². The number of aromatic nitrogens is 5. The van der Waals surface area contributed by atoms with E-state index in [0.29, 0.717) is 28.7 Å². The Labute approximate surface area is 158 Å². The molecule has 27 heavy (non-hydrogen) atoms. The van der Waals surface area contributed by atoms with E-state index in [9.17, 15) is 4.79 Å². The van der Waals surface area contributed by atoms with Crippen LogP contribution in [0, 0.1) is 0 Å². The lowest BCUT2D eigenvalue weighted by Crippen LogP contribution is -2.10. The van der Waals surface area contributed by atoms with Crippen LogP contribution in [0.4, 0.5) is 0 Å². The molecule has 0 unspecified atom stereocenters. The number of ether oxygens (including phenoxy) is 2. The third kappa shape index (κ3) is 3.98. The van der Waals surface area contributed by atoms with Gasteiger partial charge in [-0.25, -0.2) is 4.79 Å². The maximum atomic E-state index is 12.5. The Bertz CT molecular complexity index is 1020. The largest absolute Gasteiger partial charge is 0.489 e. The summed E-state index contributed by atoms with van der Waals surface area (Å²) < 4.78 is 12.6. The maximum absolute atomic E-state index is 12.5. The number of carbonyl (C=O) groups is 1. The molecule has 0 saturated carbocycles. The van der Waals surface area contributed by atoms with E-state index in [2.05, 4.69) is 20.5 Å². The zero-order chi connectivity index (χ0) is 18.5. The molecule has 3 heterocycles. The number of pyridine rings is 1. The van der Waals surface area contributed by atoms with Gasteiger partial charge in [-0.05, 0) is 63.8 Å². The number of hydrogen-bond acceptors (Lipinski definition) is 8. The van der Waals surface area contributed by atoms with E-state index in [0.717, 1.165) is 5.56 Å². The molecule has 9 heteroatoms. The Morgan fingerprint density at radius 2 is 1.81 bits per heavy atom. The van der Waals surface area contributed by atoms with Gasteiger partial charge in [-0.3, -0.25) is 4.98 Å². The van der Waals surface area contributed by atoms with Gasteiger partial charge in [0, 0.05) is 12.4 Å². The van der Waals surface area contributed by atoms with E-state index in [1.54, 1.807) is 48.1 Å². The molecule has 134 valence electrons. The van der Waals surface area contributed by atoms with Crippen molar-refractivity contribution in [3.63, 3.8) is 0 Å². The number of hydrogen-bond donors (Lipinski definition) is 0. The van der Waals surface area contributed by atoms with Gasteiger partial charge in [-0.1, -0.05) is 0 Å². The summed E-state index contributed by atoms with van der Waals surface area (Å²) in [5.41, 5.74) is 1.60. The minimum atomic E-state index is -0.471. The molecular weight excluding hydrogens is 366 g/mol. The van der Waals surface area contributed by atoms with Crippen molar-refractivity contribution in [2.24, 2.45) is 0 Å². The van der Waals surface area contributed by atoms with Crippen LogP contribution in [0.15, 0.2) is 66.6 Å². The number of esters is 1. The van der Waals surface area contributed by atoms with Crippen molar-refractivity contribution in [2.45, 2.75) is 6.61 Å². The molecule has 0 N–H and O–H groups in total. The Balaban J connectivity index is 1.40. The van der Waals surface area contributed by atoms with E-state index < -0.39 is 5.97 Å². The summed E-state index contributed by atoms with van der Waals surface area (Å²) in [6.45, 7) is 0.437. The van der Waals surface area contributed by atoms with E-state index in [-0.39, 0.29) is 0 Å². The topological polar surface area (TPSA) is 92.0 Å². The smallest absolute Gasteiger partial charge is 0.355 e. The number of carbonyl (C=O) groups excluding carboxylic acids is 1. The number of thiophene rings is 1. The van der Waals surface area contributed by atoms with Crippen molar-refractivity contribution in [1.29, 1.82) is 0 Å². The monoisotopic (exact) mass is 379 g/mol. The highest BCUT2D eigenvalue weighted by Gasteiger charge is 2.17. The predicted octanol–water partition coefficient (Wildman–Crippen LogP) is 2.92. The van der Waals surface area contributed by atoms with Gasteiger partial charge in [-0.15, -0.1) is 16.4 Å². The Morgan fingerprint density at radius 3 is 2.56 bits per heavy atom. The highest BCUT2D eigenvalue weighted by molar-refractivity contribution is 7.12. The van der Waals surface area contributed by atoms with Crippen LogP contribution in [0.2, 0.25) is 0 Å². The maximum Gasteiger partial charge on any atom is 0.355 e. The minimum Gasteiger partial charge on any atom is -0.489 e. The van der Waals surface area contributed by atoms with Crippen LogP contribution in [-0.4, -0.2) is 31.2 Å². The second-order valence-corrected chi connectivity index (χ2v) is 6.31. The summed E-state index contributed by atoms with van der Waals surface area (Å²) >= 11 is 1.26. The van der Waals surface area contributed by atoms with Gasteiger partial charge in [0.2, 0.25) is 0 Å². The summed E-state index contributed by atoms with van der Waals surface area (Å²) in [5, 5.41) is 12.7. The molecule has 4 rings (SSSR count). The highest BCUT2D eigenvalue weighted by atomic mass is 32.1. The summed E-state index contributed by atoms with van der Waals surface area (Å²) in [6.07, 6.45) is 4.86. The van der Waals surface area contributed by atoms with Crippen LogP contribution < -0.4 is 9.47 Å². The van der Waals surface area contributed by atoms with Crippen LogP contribution in [0.25, 0.3) is 5.69 Å². The second kappa shape index (κ2) is 7.75. The molecule has 0 aliphatic rings. The second-order valence-electron chi connectivity index (χ2n) is 5.39. The van der Waals surface area contributed by atoms with Crippen LogP contribution in [0.3, 0.4) is 0 Å². The zero-order valence-corrected chi connectivity index (χ0v) is 14.7. The first-order chi connectivity index (χ1) is 13.3. The molecule has 0 saturated heterocycles. The van der Waals surface area contributed by atoms with Crippen LogP contribution in [0.1, 0.15) is 15.2 Å². The van der Waals surface area contributed by atoms with Crippen molar-refractivity contribution < 1.29 is 14.3 Å². The lowest BCUT2D eigenvalue weighted by molar-refractivity contribution is 0.0739. The molecule has 0 aliphatic heterocycles. The van der Waals surface area contributed by atoms with Gasteiger partial charge < -0.3 is 9.47 Å². The SMILES string of the molecule is O=C(Oc1ccc(OCc2ccncc2)cc1)c1sccc1-n1cnnn1. The van der Waals surface area contributed by atoms with Gasteiger partial charge >= 0.3 is 5.97 Å². The molecule has 0 spiro atoms. The molecule has 0 bridgehead atoms. The van der Waals surface area contributed by atoms with Crippen LogP contribution in [-0.2, 0) is 6.61 Å². The number of tetrazole rings is 1. The quantitative estimate of drug-likeness (QED) is 0.376. The van der Waals surface area contributed by atoms with Crippen molar-refractivity contribution in [3.05, 3.63) is 77.0 Å². The van der Waals surface area contributed by atoms with Gasteiger partial charge in [0.1, 0.15) is 29.3 Å². The minimum absolute atomic E-state index is 0.417. The standard InChI is InChI=1S/C18H13N5O3S/c24-18(17-16(7-10-27-17)23-12-20-21-22-23)26-15-3-1-14(2-4-15)25-11-13-5-8-19-9-6-13/h1-10,12H,11H2. The lowest BCUT2D eigenvalue weighted by atomic mass is 10.3. The average Bonchev–Trinajstić information content (AvgIpc) is 3.39. The first kappa shape index (κ1) is 16.9. The summed E-state index contributed by atoms with van der Waals surface area (Å²) in [6, 6.07) is 12.4. The number of rotatable bonds is 6. The van der Waals surface area contributed by atoms with Gasteiger partial charge in [-0.2, -0.15) is 4.68 Å². The van der Waals surface area contributed by atoms with E-state index in [1.165, 1.54) is 22.3 Å². The molecular formula is C18H13N5O3S. The fourth-order valence-corrected chi connectivity index (χ4v) is 3.06. The average molecular weight is 379 g/mol. The van der Waals surface area contributed by atoms with Crippen LogP contribution >= 0.6 is 11.3 Å². The summed E-state index contributed by atoms with van der Waals surface area (Å²) in [5.74, 6) is 0.630. The van der Waals surface area contributed by atoms with Crippen molar-refractivity contribution >= 4 is 17.3 Å². The third-order valence-corrected chi connectivity index (χ3v) is 4.50. The molecule has 4 aromatic rings. The van der Waals surface area contributed by atoms with Crippen molar-refractivity contribution in [2.75, 3.05) is 0 Å². The molecule has 0 amide bonds. The van der Waals surface area contributed by atoms with Gasteiger partial charge in [0.25, 0.3) is 0 Å². The van der Waals surface area contributed by atoms with E-state index >= 15 is 0 Å². The van der Waals surface area contributed by atoms with Gasteiger partial charge in [0.15, 0.2) is 0 Å². The zero-order valence-electron chi connectivity index (χ0n) is 13.9. The van der Waals surface area contributed by atoms with Crippen LogP contribution in [0.5, 0.6) is 11.5 Å². The van der Waals surface area contributed by atoms with Crippen molar-refractivity contribution in [3.8, 4) is 17.2 Å². The number of benzene rings is 1. The third-order valence-electron chi connectivity index (χ3n) is 3.61. The normalized spacial score (nSPS) is 10.5. The molecule has 3 aromatic heterocycles. The molecule has 0 fully saturated rings. The van der Waals surface area contributed by atoms with E-state index in [1.807, 2.05) is 12.1 Å². The predicted molar refractivity (Wildman–Crippen MR) is 97.0 cm³/mol. The van der Waals surface area contributed by atoms with E-state index in [4.69, 9.17) is 9.47 Å². The Kier molecular flexibility index (Phi) is 4.84. The summed E-state index contributed by atoms with van der Waals surface area (Å²) in [7, 11) is 0. The lowest BCUT2D eigenvalue weighted by Gasteiger charge is -2.08. The fraction of sp³-hybridized carbons (Fsp3) is 0.0556. The molecule has 8 nitrogen and oxygen atoms in total. The molecule has 0 radical (unpaired) electrons. The first-order valence-electron chi connectivity index (χ1n) is 7.94. The highest BCUT2D eigenvalue weighted by Crippen LogP contribution is 2.24. The number of nitrogens with zero attached hydrogens (tertiary/aromatic N) is 5. The molecule has 0 aliphatic carbocycles. The molecule has 0 atom stereocenters. The Hall–Kier alpha value is -3.59. The van der Waals surface area contributed by atoms with Gasteiger partial charge in [0.05, 0.1) is 5.69 Å². The fourth-order valence-electron chi connectivity index (χ4n) is 2.31. The first-order valence-corrected chi connectivity index (χ1v) is 8.82. The molecule has 1 aromatic carbocycles.